The highest BCUT2D eigenvalue weighted by molar-refractivity contribution is 8.00. The Bertz CT molecular complexity index is 931. The lowest BCUT2D eigenvalue weighted by atomic mass is 10.2. The van der Waals surface area contributed by atoms with Crippen molar-refractivity contribution < 1.29 is 4.79 Å². The molecule has 0 radical (unpaired) electrons. The van der Waals surface area contributed by atoms with Crippen molar-refractivity contribution in [2.45, 2.75) is 17.0 Å². The summed E-state index contributed by atoms with van der Waals surface area (Å²) in [6, 6.07) is 14.8. The maximum atomic E-state index is 12.1. The van der Waals surface area contributed by atoms with Crippen LogP contribution in [0.25, 0.3) is 0 Å². The molecule has 25 heavy (non-hydrogen) atoms. The van der Waals surface area contributed by atoms with Crippen LogP contribution in [0.5, 0.6) is 0 Å². The summed E-state index contributed by atoms with van der Waals surface area (Å²) >= 11 is 2.84. The van der Waals surface area contributed by atoms with E-state index in [1.807, 2.05) is 25.1 Å². The van der Waals surface area contributed by atoms with Gasteiger partial charge in [-0.2, -0.15) is 5.26 Å². The second-order valence-corrected chi connectivity index (χ2v) is 7.29. The first-order chi connectivity index (χ1) is 12.1. The minimum Gasteiger partial charge on any atom is -0.295 e. The van der Waals surface area contributed by atoms with E-state index in [9.17, 15) is 4.79 Å². The third-order valence-corrected chi connectivity index (χ3v) is 5.24. The van der Waals surface area contributed by atoms with E-state index in [1.165, 1.54) is 23.1 Å². The van der Waals surface area contributed by atoms with Crippen LogP contribution in [0.3, 0.4) is 0 Å². The van der Waals surface area contributed by atoms with Gasteiger partial charge in [0.1, 0.15) is 5.69 Å². The molecule has 0 bridgehead atoms. The Labute approximate surface area is 153 Å². The van der Waals surface area contributed by atoms with Crippen molar-refractivity contribution in [1.29, 1.82) is 5.26 Å². The van der Waals surface area contributed by atoms with Gasteiger partial charge in [0.2, 0.25) is 5.13 Å². The van der Waals surface area contributed by atoms with Crippen molar-refractivity contribution in [1.82, 2.24) is 15.2 Å². The molecule has 0 aliphatic rings. The summed E-state index contributed by atoms with van der Waals surface area (Å²) in [7, 11) is 0. The molecule has 1 N–H and O–H groups in total. The fourth-order valence-corrected chi connectivity index (χ4v) is 3.67. The zero-order chi connectivity index (χ0) is 17.6. The maximum Gasteiger partial charge on any atom is 0.276 e. The fourth-order valence-electron chi connectivity index (χ4n) is 1.97. The molecule has 2 aromatic heterocycles. The summed E-state index contributed by atoms with van der Waals surface area (Å²) in [4.78, 5) is 16.3. The van der Waals surface area contributed by atoms with Gasteiger partial charge in [0.15, 0.2) is 4.34 Å². The molecule has 0 unspecified atom stereocenters. The van der Waals surface area contributed by atoms with E-state index < -0.39 is 0 Å². The molecule has 2 heterocycles. The van der Waals surface area contributed by atoms with Crippen molar-refractivity contribution >= 4 is 34.1 Å². The molecule has 0 atom stereocenters. The van der Waals surface area contributed by atoms with Gasteiger partial charge in [-0.05, 0) is 36.8 Å². The highest BCUT2D eigenvalue weighted by atomic mass is 32.2. The summed E-state index contributed by atoms with van der Waals surface area (Å²) < 4.78 is 0.761. The molecule has 3 rings (SSSR count). The number of rotatable bonds is 5. The molecule has 3 aromatic rings. The second-order valence-electron chi connectivity index (χ2n) is 5.09. The first kappa shape index (κ1) is 17.1. The number of carbonyl (C=O) groups excluding carboxylic acids is 1. The van der Waals surface area contributed by atoms with E-state index in [0.717, 1.165) is 15.6 Å². The van der Waals surface area contributed by atoms with Gasteiger partial charge in [0, 0.05) is 11.4 Å². The molecule has 0 aliphatic carbocycles. The van der Waals surface area contributed by atoms with Crippen molar-refractivity contribution in [3.05, 3.63) is 65.0 Å². The predicted octanol–water partition coefficient (Wildman–Crippen LogP) is 3.66. The van der Waals surface area contributed by atoms with Crippen LogP contribution in [-0.2, 0) is 5.75 Å². The molecule has 0 fully saturated rings. The molecule has 0 aliphatic heterocycles. The van der Waals surface area contributed by atoms with Gasteiger partial charge < -0.3 is 0 Å². The van der Waals surface area contributed by atoms with Gasteiger partial charge >= 0.3 is 0 Å². The lowest BCUT2D eigenvalue weighted by molar-refractivity contribution is 0.102. The van der Waals surface area contributed by atoms with Gasteiger partial charge in [-0.3, -0.25) is 10.1 Å². The molecular formula is C17H13N5OS2. The molecule has 1 amide bonds. The summed E-state index contributed by atoms with van der Waals surface area (Å²) in [6.45, 7) is 1.83. The number of anilines is 1. The number of nitrogens with one attached hydrogen (secondary N) is 1. The lowest BCUT2D eigenvalue weighted by Crippen LogP contribution is -2.13. The number of nitrogens with zero attached hydrogens (tertiary/aromatic N) is 4. The number of pyridine rings is 1. The fraction of sp³-hybridized carbons (Fsp3) is 0.118. The number of amides is 1. The summed E-state index contributed by atoms with van der Waals surface area (Å²) in [5.74, 6) is 0.414. The number of hydrogen-bond donors (Lipinski definition) is 1. The second kappa shape index (κ2) is 7.88. The van der Waals surface area contributed by atoms with E-state index in [4.69, 9.17) is 5.26 Å². The monoisotopic (exact) mass is 367 g/mol. The van der Waals surface area contributed by atoms with Gasteiger partial charge in [-0.25, -0.2) is 4.98 Å². The van der Waals surface area contributed by atoms with E-state index in [-0.39, 0.29) is 5.91 Å². The number of carbonyl (C=O) groups is 1. The third-order valence-electron chi connectivity index (χ3n) is 3.19. The molecule has 8 heteroatoms. The molecule has 0 saturated heterocycles. The Morgan fingerprint density at radius 3 is 2.76 bits per heavy atom. The average molecular weight is 367 g/mol. The number of hydrogen-bond acceptors (Lipinski definition) is 7. The average Bonchev–Trinajstić information content (AvgIpc) is 3.08. The van der Waals surface area contributed by atoms with E-state index in [1.54, 1.807) is 24.3 Å². The van der Waals surface area contributed by atoms with Crippen LogP contribution >= 0.6 is 23.1 Å². The Balaban J connectivity index is 1.58. The smallest absolute Gasteiger partial charge is 0.276 e. The van der Waals surface area contributed by atoms with Crippen LogP contribution in [-0.4, -0.2) is 21.1 Å². The van der Waals surface area contributed by atoms with Gasteiger partial charge in [0.05, 0.1) is 11.6 Å². The van der Waals surface area contributed by atoms with Crippen molar-refractivity contribution in [3.63, 3.8) is 0 Å². The third kappa shape index (κ3) is 4.62. The molecule has 0 saturated carbocycles. The topological polar surface area (TPSA) is 91.6 Å². The van der Waals surface area contributed by atoms with Gasteiger partial charge in [-0.15, -0.1) is 10.2 Å². The zero-order valence-electron chi connectivity index (χ0n) is 13.3. The predicted molar refractivity (Wildman–Crippen MR) is 97.6 cm³/mol. The summed E-state index contributed by atoms with van der Waals surface area (Å²) in [5, 5.41) is 20.0. The number of aromatic nitrogens is 3. The standard InChI is InChI=1S/C17H13N5OS2/c1-11-3-2-4-14(19-11)15(23)20-16-21-22-17(25-16)24-10-13-7-5-12(9-18)6-8-13/h2-8H,10H2,1H3,(H,20,21,23). The van der Waals surface area contributed by atoms with Crippen LogP contribution in [0.2, 0.25) is 0 Å². The van der Waals surface area contributed by atoms with E-state index >= 15 is 0 Å². The summed E-state index contributed by atoms with van der Waals surface area (Å²) in [6.07, 6.45) is 0. The zero-order valence-corrected chi connectivity index (χ0v) is 14.9. The van der Waals surface area contributed by atoms with Crippen LogP contribution in [0, 0.1) is 18.3 Å². The lowest BCUT2D eigenvalue weighted by Gasteiger charge is -2.01. The number of benzene rings is 1. The molecule has 1 aromatic carbocycles. The van der Waals surface area contributed by atoms with Crippen molar-refractivity contribution in [2.75, 3.05) is 5.32 Å². The normalized spacial score (nSPS) is 10.2. The molecule has 124 valence electrons. The maximum absolute atomic E-state index is 12.1. The minimum absolute atomic E-state index is 0.302. The quantitative estimate of drug-likeness (QED) is 0.546. The van der Waals surface area contributed by atoms with E-state index in [2.05, 4.69) is 26.6 Å². The molecule has 0 spiro atoms. The highest BCUT2D eigenvalue weighted by Crippen LogP contribution is 2.28. The number of nitriles is 1. The van der Waals surface area contributed by atoms with Crippen LogP contribution in [0.1, 0.15) is 27.3 Å². The first-order valence-corrected chi connectivity index (χ1v) is 9.14. The highest BCUT2D eigenvalue weighted by Gasteiger charge is 2.12. The largest absolute Gasteiger partial charge is 0.295 e. The van der Waals surface area contributed by atoms with E-state index in [0.29, 0.717) is 22.1 Å². The first-order valence-electron chi connectivity index (χ1n) is 7.34. The Kier molecular flexibility index (Phi) is 5.38. The van der Waals surface area contributed by atoms with Crippen LogP contribution in [0.15, 0.2) is 46.8 Å². The Morgan fingerprint density at radius 2 is 2.04 bits per heavy atom. The number of thioether (sulfide) groups is 1. The Hall–Kier alpha value is -2.76. The minimum atomic E-state index is -0.302. The van der Waals surface area contributed by atoms with Crippen molar-refractivity contribution in [3.8, 4) is 6.07 Å². The molecule has 6 nitrogen and oxygen atoms in total. The molecular weight excluding hydrogens is 354 g/mol. The number of aryl methyl sites for hydroxylation is 1. The van der Waals surface area contributed by atoms with Crippen molar-refractivity contribution in [2.24, 2.45) is 0 Å². The van der Waals surface area contributed by atoms with Crippen LogP contribution in [0.4, 0.5) is 5.13 Å². The van der Waals surface area contributed by atoms with Gasteiger partial charge in [-0.1, -0.05) is 41.3 Å². The van der Waals surface area contributed by atoms with Gasteiger partial charge in [0.25, 0.3) is 5.91 Å². The summed E-state index contributed by atoms with van der Waals surface area (Å²) in [5.41, 5.74) is 2.86. The van der Waals surface area contributed by atoms with Crippen LogP contribution < -0.4 is 5.32 Å². The SMILES string of the molecule is Cc1cccc(C(=O)Nc2nnc(SCc3ccc(C#N)cc3)s2)n1. The Morgan fingerprint density at radius 1 is 1.24 bits per heavy atom.